The van der Waals surface area contributed by atoms with Crippen LogP contribution in [0, 0.1) is 0 Å². The molecule has 1 aromatic heterocycles. The lowest BCUT2D eigenvalue weighted by Crippen LogP contribution is -2.05. The van der Waals surface area contributed by atoms with Crippen molar-refractivity contribution in [2.75, 3.05) is 0 Å². The maximum atomic E-state index is 11.2. The Morgan fingerprint density at radius 3 is 2.44 bits per heavy atom. The van der Waals surface area contributed by atoms with E-state index in [1.807, 2.05) is 38.1 Å². The average molecular weight is 261 g/mol. The molecule has 0 aliphatic heterocycles. The van der Waals surface area contributed by atoms with Gasteiger partial charge in [-0.25, -0.2) is 4.98 Å². The Hall–Kier alpha value is -1.68. The Balaban J connectivity index is 2.20. The molecule has 0 N–H and O–H groups in total. The second kappa shape index (κ2) is 5.31. The van der Waals surface area contributed by atoms with Crippen LogP contribution in [0.1, 0.15) is 31.3 Å². The van der Waals surface area contributed by atoms with Crippen LogP contribution in [-0.4, -0.2) is 16.9 Å². The van der Waals surface area contributed by atoms with Crippen LogP contribution in [0.5, 0.6) is 5.75 Å². The van der Waals surface area contributed by atoms with Crippen LogP contribution in [0.4, 0.5) is 0 Å². The van der Waals surface area contributed by atoms with Crippen molar-refractivity contribution in [3.63, 3.8) is 0 Å². The first-order chi connectivity index (χ1) is 8.56. The van der Waals surface area contributed by atoms with Crippen molar-refractivity contribution in [2.45, 2.75) is 26.9 Å². The molecule has 0 aliphatic rings. The highest BCUT2D eigenvalue weighted by molar-refractivity contribution is 7.13. The first-order valence-electron chi connectivity index (χ1n) is 5.80. The number of rotatable bonds is 4. The first-order valence-corrected chi connectivity index (χ1v) is 6.68. The van der Waals surface area contributed by atoms with Gasteiger partial charge in [0.1, 0.15) is 16.5 Å². The van der Waals surface area contributed by atoms with Gasteiger partial charge < -0.3 is 4.74 Å². The van der Waals surface area contributed by atoms with Crippen molar-refractivity contribution >= 4 is 17.1 Å². The van der Waals surface area contributed by atoms with Crippen molar-refractivity contribution in [1.29, 1.82) is 0 Å². The minimum absolute atomic E-state index is 0.00254. The summed E-state index contributed by atoms with van der Waals surface area (Å²) in [5, 5.41) is 2.65. The number of ketones is 1. The van der Waals surface area contributed by atoms with Crippen molar-refractivity contribution in [1.82, 2.24) is 4.98 Å². The summed E-state index contributed by atoms with van der Waals surface area (Å²) >= 11 is 1.48. The minimum Gasteiger partial charge on any atom is -0.491 e. The molecule has 0 saturated carbocycles. The molecule has 0 unspecified atom stereocenters. The highest BCUT2D eigenvalue weighted by Crippen LogP contribution is 2.26. The number of hydrogen-bond donors (Lipinski definition) is 0. The Labute approximate surface area is 110 Å². The Morgan fingerprint density at radius 2 is 1.94 bits per heavy atom. The maximum absolute atomic E-state index is 11.2. The fourth-order valence-corrected chi connectivity index (χ4v) is 2.38. The fraction of sp³-hybridized carbons (Fsp3) is 0.286. The summed E-state index contributed by atoms with van der Waals surface area (Å²) in [6.45, 7) is 5.51. The molecule has 2 rings (SSSR count). The number of thiazole rings is 1. The van der Waals surface area contributed by atoms with E-state index >= 15 is 0 Å². The summed E-state index contributed by atoms with van der Waals surface area (Å²) in [4.78, 5) is 15.5. The largest absolute Gasteiger partial charge is 0.491 e. The van der Waals surface area contributed by atoms with Gasteiger partial charge in [0.15, 0.2) is 5.78 Å². The zero-order valence-corrected chi connectivity index (χ0v) is 11.5. The number of aromatic nitrogens is 1. The van der Waals surface area contributed by atoms with E-state index in [0.29, 0.717) is 5.69 Å². The number of hydrogen-bond acceptors (Lipinski definition) is 4. The van der Waals surface area contributed by atoms with Crippen molar-refractivity contribution in [2.24, 2.45) is 0 Å². The highest BCUT2D eigenvalue weighted by atomic mass is 32.1. The van der Waals surface area contributed by atoms with Gasteiger partial charge in [0.05, 0.1) is 6.10 Å². The van der Waals surface area contributed by atoms with Crippen LogP contribution in [0.2, 0.25) is 0 Å². The van der Waals surface area contributed by atoms with Gasteiger partial charge in [0, 0.05) is 17.9 Å². The summed E-state index contributed by atoms with van der Waals surface area (Å²) in [6.07, 6.45) is 0.167. The average Bonchev–Trinajstić information content (AvgIpc) is 2.78. The van der Waals surface area contributed by atoms with Crippen molar-refractivity contribution in [3.8, 4) is 16.3 Å². The molecule has 1 heterocycles. The minimum atomic E-state index is -0.00254. The van der Waals surface area contributed by atoms with E-state index in [9.17, 15) is 4.79 Å². The van der Waals surface area contributed by atoms with E-state index in [2.05, 4.69) is 4.98 Å². The molecule has 94 valence electrons. The predicted octanol–water partition coefficient (Wildman–Crippen LogP) is 3.80. The molecule has 0 fully saturated rings. The maximum Gasteiger partial charge on any atom is 0.178 e. The second-order valence-electron chi connectivity index (χ2n) is 4.29. The van der Waals surface area contributed by atoms with Gasteiger partial charge in [0.25, 0.3) is 0 Å². The van der Waals surface area contributed by atoms with Crippen LogP contribution < -0.4 is 4.74 Å². The number of ether oxygens (including phenoxy) is 1. The van der Waals surface area contributed by atoms with Gasteiger partial charge in [-0.3, -0.25) is 4.79 Å². The first kappa shape index (κ1) is 12.8. The Morgan fingerprint density at radius 1 is 1.28 bits per heavy atom. The highest BCUT2D eigenvalue weighted by Gasteiger charge is 2.08. The lowest BCUT2D eigenvalue weighted by atomic mass is 10.2. The monoisotopic (exact) mass is 261 g/mol. The molecule has 18 heavy (non-hydrogen) atoms. The van der Waals surface area contributed by atoms with Crippen LogP contribution in [0.15, 0.2) is 29.6 Å². The number of carbonyl (C=O) groups excluding carboxylic acids is 1. The molecule has 0 atom stereocenters. The van der Waals surface area contributed by atoms with E-state index in [1.54, 1.807) is 5.38 Å². The SMILES string of the molecule is CC(=O)c1csc(-c2ccc(OC(C)C)cc2)n1. The molecule has 0 bridgehead atoms. The van der Waals surface area contributed by atoms with Crippen molar-refractivity contribution < 1.29 is 9.53 Å². The summed E-state index contributed by atoms with van der Waals surface area (Å²) in [5.41, 5.74) is 1.53. The molecule has 2 aromatic rings. The quantitative estimate of drug-likeness (QED) is 0.786. The molecule has 4 heteroatoms. The van der Waals surface area contributed by atoms with Crippen LogP contribution in [0.3, 0.4) is 0 Å². The van der Waals surface area contributed by atoms with Crippen LogP contribution in [0.25, 0.3) is 10.6 Å². The fourth-order valence-electron chi connectivity index (χ4n) is 1.52. The smallest absolute Gasteiger partial charge is 0.178 e. The summed E-state index contributed by atoms with van der Waals surface area (Å²) < 4.78 is 5.58. The number of benzene rings is 1. The third-order valence-electron chi connectivity index (χ3n) is 2.34. The normalized spacial score (nSPS) is 10.7. The molecular formula is C14H15NO2S. The summed E-state index contributed by atoms with van der Waals surface area (Å²) in [7, 11) is 0. The molecule has 0 amide bonds. The lowest BCUT2D eigenvalue weighted by molar-refractivity contribution is 0.101. The van der Waals surface area contributed by atoms with E-state index in [-0.39, 0.29) is 11.9 Å². The number of carbonyl (C=O) groups is 1. The zero-order chi connectivity index (χ0) is 13.1. The van der Waals surface area contributed by atoms with Gasteiger partial charge in [-0.2, -0.15) is 0 Å². The van der Waals surface area contributed by atoms with E-state index in [1.165, 1.54) is 18.3 Å². The standard InChI is InChI=1S/C14H15NO2S/c1-9(2)17-12-6-4-11(5-7-12)14-15-13(8-18-14)10(3)16/h4-9H,1-3H3. The summed E-state index contributed by atoms with van der Waals surface area (Å²) in [5.74, 6) is 0.842. The van der Waals surface area contributed by atoms with Crippen molar-refractivity contribution in [3.05, 3.63) is 35.3 Å². The molecule has 1 aromatic carbocycles. The van der Waals surface area contributed by atoms with Gasteiger partial charge in [-0.05, 0) is 38.1 Å². The molecule has 3 nitrogen and oxygen atoms in total. The topological polar surface area (TPSA) is 39.2 Å². The number of nitrogens with zero attached hydrogens (tertiary/aromatic N) is 1. The van der Waals surface area contributed by atoms with Gasteiger partial charge in [-0.1, -0.05) is 0 Å². The van der Waals surface area contributed by atoms with E-state index in [0.717, 1.165) is 16.3 Å². The molecule has 0 radical (unpaired) electrons. The molecule has 0 saturated heterocycles. The Bertz CT molecular complexity index is 543. The third kappa shape index (κ3) is 2.96. The molecule has 0 spiro atoms. The lowest BCUT2D eigenvalue weighted by Gasteiger charge is -2.09. The Kier molecular flexibility index (Phi) is 3.77. The van der Waals surface area contributed by atoms with E-state index < -0.39 is 0 Å². The van der Waals surface area contributed by atoms with Crippen LogP contribution in [-0.2, 0) is 0 Å². The molecule has 0 aliphatic carbocycles. The zero-order valence-electron chi connectivity index (χ0n) is 10.6. The predicted molar refractivity (Wildman–Crippen MR) is 73.3 cm³/mol. The van der Waals surface area contributed by atoms with Gasteiger partial charge in [-0.15, -0.1) is 11.3 Å². The van der Waals surface area contributed by atoms with Crippen LogP contribution >= 0.6 is 11.3 Å². The number of Topliss-reactive ketones (excluding diaryl/α,β-unsaturated/α-hetero) is 1. The second-order valence-corrected chi connectivity index (χ2v) is 5.14. The van der Waals surface area contributed by atoms with E-state index in [4.69, 9.17) is 4.74 Å². The molecular weight excluding hydrogens is 246 g/mol. The third-order valence-corrected chi connectivity index (χ3v) is 3.23. The summed E-state index contributed by atoms with van der Waals surface area (Å²) in [6, 6.07) is 7.76. The van der Waals surface area contributed by atoms with Gasteiger partial charge in [0.2, 0.25) is 0 Å². The van der Waals surface area contributed by atoms with Gasteiger partial charge >= 0.3 is 0 Å².